The molecule has 3 rings (SSSR count). The van der Waals surface area contributed by atoms with Crippen LogP contribution in [0, 0.1) is 11.8 Å². The third-order valence-corrected chi connectivity index (χ3v) is 5.33. The van der Waals surface area contributed by atoms with E-state index < -0.39 is 0 Å². The summed E-state index contributed by atoms with van der Waals surface area (Å²) in [5.41, 5.74) is 3.69. The molecule has 0 unspecified atom stereocenters. The average Bonchev–Trinajstić information content (AvgIpc) is 3.50. The predicted octanol–water partition coefficient (Wildman–Crippen LogP) is 3.39. The van der Waals surface area contributed by atoms with Gasteiger partial charge in [-0.3, -0.25) is 10.2 Å². The predicted molar refractivity (Wildman–Crippen MR) is 109 cm³/mol. The van der Waals surface area contributed by atoms with Gasteiger partial charge in [-0.25, -0.2) is 0 Å². The fraction of sp³-hybridized carbons (Fsp3) is 0.550. The molecule has 0 radical (unpaired) electrons. The van der Waals surface area contributed by atoms with Crippen LogP contribution in [0.3, 0.4) is 0 Å². The van der Waals surface area contributed by atoms with E-state index in [1.54, 1.807) is 25.5 Å². The number of ether oxygens (including phenoxy) is 2. The molecular weight excluding hydrogens is 362 g/mol. The molecule has 1 aromatic rings. The highest BCUT2D eigenvalue weighted by Gasteiger charge is 2.32. The van der Waals surface area contributed by atoms with Gasteiger partial charge in [-0.05, 0) is 67.6 Å². The molecule has 2 aliphatic carbocycles. The van der Waals surface area contributed by atoms with Gasteiger partial charge in [0.2, 0.25) is 0 Å². The van der Waals surface area contributed by atoms with Crippen molar-refractivity contribution >= 4 is 29.5 Å². The summed E-state index contributed by atoms with van der Waals surface area (Å²) in [6, 6.07) is 5.73. The topological polar surface area (TPSA) is 71.9 Å². The van der Waals surface area contributed by atoms with Gasteiger partial charge >= 0.3 is 5.97 Å². The molecule has 1 aromatic carbocycles. The summed E-state index contributed by atoms with van der Waals surface area (Å²) in [5, 5.41) is 8.08. The number of nitrogens with zero attached hydrogens (tertiary/aromatic N) is 1. The summed E-state index contributed by atoms with van der Waals surface area (Å²) in [6.07, 6.45) is 8.40. The van der Waals surface area contributed by atoms with Crippen LogP contribution in [0.5, 0.6) is 11.5 Å². The maximum absolute atomic E-state index is 11.8. The number of thiocarbonyl (C=S) groups is 1. The number of hydrazone groups is 1. The fourth-order valence-corrected chi connectivity index (χ4v) is 3.46. The second kappa shape index (κ2) is 9.17. The normalized spacial score (nSPS) is 22.3. The highest BCUT2D eigenvalue weighted by Crippen LogP contribution is 2.34. The lowest BCUT2D eigenvalue weighted by molar-refractivity contribution is -0.135. The van der Waals surface area contributed by atoms with Gasteiger partial charge in [-0.15, -0.1) is 0 Å². The molecule has 0 aliphatic heterocycles. The fourth-order valence-electron chi connectivity index (χ4n) is 3.26. The van der Waals surface area contributed by atoms with Crippen LogP contribution in [0.15, 0.2) is 23.3 Å². The van der Waals surface area contributed by atoms with Crippen molar-refractivity contribution < 1.29 is 14.3 Å². The molecule has 7 heteroatoms. The number of esters is 1. The Labute approximate surface area is 165 Å². The van der Waals surface area contributed by atoms with Gasteiger partial charge in [0.15, 0.2) is 16.6 Å². The van der Waals surface area contributed by atoms with Crippen molar-refractivity contribution in [1.82, 2.24) is 10.7 Å². The Morgan fingerprint density at radius 1 is 1.22 bits per heavy atom. The Morgan fingerprint density at radius 3 is 2.70 bits per heavy atom. The van der Waals surface area contributed by atoms with Crippen molar-refractivity contribution in [1.29, 1.82) is 0 Å². The molecular formula is C20H27N3O3S. The zero-order valence-electron chi connectivity index (χ0n) is 15.9. The van der Waals surface area contributed by atoms with E-state index in [-0.39, 0.29) is 11.9 Å². The Morgan fingerprint density at radius 2 is 2.00 bits per heavy atom. The van der Waals surface area contributed by atoms with E-state index in [4.69, 9.17) is 21.7 Å². The summed E-state index contributed by atoms with van der Waals surface area (Å²) in [5.74, 6) is 1.41. The average molecular weight is 390 g/mol. The standard InChI is InChI=1S/C20H27N3O3S/c1-13-5-3-4-6-16(13)22-20(27)23-21-12-14-7-10-17(18(11-14)25-2)26-19(24)15-8-9-15/h7,10-13,15-16H,3-6,8-9H2,1-2H3,(H2,22,23,27)/b21-12-/t13-,16-/m0/s1. The summed E-state index contributed by atoms with van der Waals surface area (Å²) in [7, 11) is 1.55. The quantitative estimate of drug-likeness (QED) is 0.255. The summed E-state index contributed by atoms with van der Waals surface area (Å²) >= 11 is 5.33. The number of methoxy groups -OCH3 is 1. The lowest BCUT2D eigenvalue weighted by Crippen LogP contribution is -2.44. The first kappa shape index (κ1) is 19.6. The van der Waals surface area contributed by atoms with Crippen LogP contribution in [-0.2, 0) is 4.79 Å². The molecule has 0 spiro atoms. The Hall–Kier alpha value is -2.15. The molecule has 0 saturated heterocycles. The molecule has 27 heavy (non-hydrogen) atoms. The maximum Gasteiger partial charge on any atom is 0.314 e. The van der Waals surface area contributed by atoms with E-state index in [9.17, 15) is 4.79 Å². The largest absolute Gasteiger partial charge is 0.493 e. The first-order valence-corrected chi connectivity index (χ1v) is 9.97. The molecule has 146 valence electrons. The van der Waals surface area contributed by atoms with Gasteiger partial charge in [-0.1, -0.05) is 19.8 Å². The Kier molecular flexibility index (Phi) is 6.66. The van der Waals surface area contributed by atoms with Crippen molar-refractivity contribution in [2.45, 2.75) is 51.5 Å². The summed E-state index contributed by atoms with van der Waals surface area (Å²) < 4.78 is 10.7. The number of hydrogen-bond donors (Lipinski definition) is 2. The zero-order valence-corrected chi connectivity index (χ0v) is 16.7. The summed E-state index contributed by atoms with van der Waals surface area (Å²) in [6.45, 7) is 2.26. The van der Waals surface area contributed by atoms with E-state index >= 15 is 0 Å². The van der Waals surface area contributed by atoms with Crippen LogP contribution in [0.4, 0.5) is 0 Å². The second-order valence-electron chi connectivity index (χ2n) is 7.32. The molecule has 6 nitrogen and oxygen atoms in total. The SMILES string of the molecule is COc1cc(/C=N\NC(=S)N[C@H]2CCCC[C@@H]2C)ccc1OC(=O)C1CC1. The van der Waals surface area contributed by atoms with Crippen LogP contribution in [0.2, 0.25) is 0 Å². The van der Waals surface area contributed by atoms with E-state index in [1.165, 1.54) is 19.3 Å². The third kappa shape index (κ3) is 5.66. The molecule has 2 saturated carbocycles. The minimum atomic E-state index is -0.190. The van der Waals surface area contributed by atoms with E-state index in [0.717, 1.165) is 24.8 Å². The van der Waals surface area contributed by atoms with Gasteiger partial charge < -0.3 is 14.8 Å². The molecule has 2 fully saturated rings. The Bertz CT molecular complexity index is 718. The lowest BCUT2D eigenvalue weighted by atomic mass is 9.86. The number of hydrogen-bond acceptors (Lipinski definition) is 5. The van der Waals surface area contributed by atoms with Crippen LogP contribution < -0.4 is 20.2 Å². The Balaban J connectivity index is 1.53. The zero-order chi connectivity index (χ0) is 19.2. The number of rotatable bonds is 6. The molecule has 0 amide bonds. The van der Waals surface area contributed by atoms with Gasteiger partial charge in [0.1, 0.15) is 0 Å². The first-order valence-electron chi connectivity index (χ1n) is 9.56. The number of benzene rings is 1. The van der Waals surface area contributed by atoms with Crippen LogP contribution in [0.1, 0.15) is 51.0 Å². The summed E-state index contributed by atoms with van der Waals surface area (Å²) in [4.78, 5) is 11.8. The molecule has 0 heterocycles. The van der Waals surface area contributed by atoms with E-state index in [1.807, 2.05) is 6.07 Å². The lowest BCUT2D eigenvalue weighted by Gasteiger charge is -2.30. The third-order valence-electron chi connectivity index (χ3n) is 5.12. The maximum atomic E-state index is 11.8. The molecule has 2 atom stereocenters. The van der Waals surface area contributed by atoms with Crippen molar-refractivity contribution in [2.24, 2.45) is 16.9 Å². The molecule has 0 bridgehead atoms. The second-order valence-corrected chi connectivity index (χ2v) is 7.73. The highest BCUT2D eigenvalue weighted by atomic mass is 32.1. The van der Waals surface area contributed by atoms with E-state index in [2.05, 4.69) is 22.8 Å². The minimum absolute atomic E-state index is 0.0422. The van der Waals surface area contributed by atoms with Gasteiger partial charge in [0, 0.05) is 6.04 Å². The van der Waals surface area contributed by atoms with Crippen LogP contribution in [-0.4, -0.2) is 30.4 Å². The monoisotopic (exact) mass is 389 g/mol. The van der Waals surface area contributed by atoms with Crippen molar-refractivity contribution in [3.63, 3.8) is 0 Å². The molecule has 2 N–H and O–H groups in total. The van der Waals surface area contributed by atoms with E-state index in [0.29, 0.717) is 28.6 Å². The smallest absolute Gasteiger partial charge is 0.314 e. The molecule has 0 aromatic heterocycles. The van der Waals surface area contributed by atoms with Crippen molar-refractivity contribution in [3.8, 4) is 11.5 Å². The number of carbonyl (C=O) groups is 1. The van der Waals surface area contributed by atoms with Gasteiger partial charge in [-0.2, -0.15) is 5.10 Å². The highest BCUT2D eigenvalue weighted by molar-refractivity contribution is 7.80. The first-order chi connectivity index (χ1) is 13.1. The van der Waals surface area contributed by atoms with Gasteiger partial charge in [0.25, 0.3) is 0 Å². The van der Waals surface area contributed by atoms with Gasteiger partial charge in [0.05, 0.1) is 19.2 Å². The molecule has 2 aliphatic rings. The van der Waals surface area contributed by atoms with Crippen molar-refractivity contribution in [2.75, 3.05) is 7.11 Å². The number of carbonyl (C=O) groups excluding carboxylic acids is 1. The number of nitrogens with one attached hydrogen (secondary N) is 2. The van der Waals surface area contributed by atoms with Crippen molar-refractivity contribution in [3.05, 3.63) is 23.8 Å². The van der Waals surface area contributed by atoms with Crippen LogP contribution in [0.25, 0.3) is 0 Å². The van der Waals surface area contributed by atoms with Crippen LogP contribution >= 0.6 is 12.2 Å². The minimum Gasteiger partial charge on any atom is -0.493 e.